The number of amides is 1. The number of thiazole rings is 1. The van der Waals surface area contributed by atoms with Gasteiger partial charge in [-0.05, 0) is 35.9 Å². The molecule has 136 valence electrons. The number of carbonyl (C=O) groups is 1. The van der Waals surface area contributed by atoms with Crippen molar-refractivity contribution in [3.63, 3.8) is 0 Å². The van der Waals surface area contributed by atoms with Gasteiger partial charge < -0.3 is 0 Å². The Labute approximate surface area is 168 Å². The smallest absolute Gasteiger partial charge is 0.269 e. The van der Waals surface area contributed by atoms with Crippen LogP contribution in [0.2, 0.25) is 10.0 Å². The highest BCUT2D eigenvalue weighted by Crippen LogP contribution is 2.26. The summed E-state index contributed by atoms with van der Waals surface area (Å²) in [5, 5.41) is 16.5. The summed E-state index contributed by atoms with van der Waals surface area (Å²) in [6.45, 7) is 0. The monoisotopic (exact) mass is 419 g/mol. The lowest BCUT2D eigenvalue weighted by Gasteiger charge is -1.99. The number of nitrogens with one attached hydrogen (secondary N) is 1. The normalized spacial score (nSPS) is 10.9. The van der Waals surface area contributed by atoms with Gasteiger partial charge in [0.05, 0.1) is 10.6 Å². The van der Waals surface area contributed by atoms with Crippen molar-refractivity contribution in [2.75, 3.05) is 5.32 Å². The number of hydrogen-bond acceptors (Lipinski definition) is 5. The number of carbonyl (C=O) groups excluding carboxylic acids is 1. The summed E-state index contributed by atoms with van der Waals surface area (Å²) in [4.78, 5) is 26.6. The van der Waals surface area contributed by atoms with Gasteiger partial charge in [-0.1, -0.05) is 29.3 Å². The molecule has 0 radical (unpaired) electrons. The van der Waals surface area contributed by atoms with E-state index in [1.807, 2.05) is 0 Å². The maximum atomic E-state index is 12.1. The number of nitrogens with zero attached hydrogens (tertiary/aromatic N) is 2. The van der Waals surface area contributed by atoms with Crippen LogP contribution in [-0.2, 0) is 4.79 Å². The molecule has 0 aliphatic carbocycles. The number of rotatable bonds is 5. The summed E-state index contributed by atoms with van der Waals surface area (Å²) in [6, 6.07) is 11.0. The molecule has 1 aromatic heterocycles. The van der Waals surface area contributed by atoms with Crippen LogP contribution in [0.3, 0.4) is 0 Å². The van der Waals surface area contributed by atoms with Crippen molar-refractivity contribution in [1.29, 1.82) is 0 Å². The molecule has 0 spiro atoms. The third-order valence-electron chi connectivity index (χ3n) is 3.48. The van der Waals surface area contributed by atoms with Crippen LogP contribution in [0.5, 0.6) is 0 Å². The largest absolute Gasteiger partial charge is 0.298 e. The van der Waals surface area contributed by atoms with Crippen LogP contribution in [0, 0.1) is 10.1 Å². The van der Waals surface area contributed by atoms with E-state index >= 15 is 0 Å². The van der Waals surface area contributed by atoms with E-state index in [-0.39, 0.29) is 11.6 Å². The molecule has 9 heteroatoms. The average Bonchev–Trinajstić information content (AvgIpc) is 3.09. The molecule has 2 aromatic carbocycles. The van der Waals surface area contributed by atoms with Gasteiger partial charge in [0.25, 0.3) is 5.69 Å². The molecular formula is C18H11Cl2N3O3S. The lowest BCUT2D eigenvalue weighted by molar-refractivity contribution is -0.384. The minimum absolute atomic E-state index is 0.00787. The summed E-state index contributed by atoms with van der Waals surface area (Å²) < 4.78 is 0. The highest BCUT2D eigenvalue weighted by molar-refractivity contribution is 7.14. The third-order valence-corrected chi connectivity index (χ3v) is 4.81. The first kappa shape index (κ1) is 19.0. The highest BCUT2D eigenvalue weighted by atomic mass is 35.5. The van der Waals surface area contributed by atoms with Crippen LogP contribution < -0.4 is 5.32 Å². The number of hydrogen-bond donors (Lipinski definition) is 1. The molecule has 1 amide bonds. The van der Waals surface area contributed by atoms with Crippen molar-refractivity contribution in [2.45, 2.75) is 0 Å². The van der Waals surface area contributed by atoms with Gasteiger partial charge in [-0.3, -0.25) is 20.2 Å². The molecule has 1 heterocycles. The fraction of sp³-hybridized carbons (Fsp3) is 0. The molecule has 0 unspecified atom stereocenters. The van der Waals surface area contributed by atoms with Crippen molar-refractivity contribution in [2.24, 2.45) is 0 Å². The predicted molar refractivity (Wildman–Crippen MR) is 108 cm³/mol. The zero-order valence-electron chi connectivity index (χ0n) is 13.6. The molecule has 27 heavy (non-hydrogen) atoms. The topological polar surface area (TPSA) is 85.1 Å². The first-order valence-corrected chi connectivity index (χ1v) is 9.20. The molecular weight excluding hydrogens is 409 g/mol. The zero-order chi connectivity index (χ0) is 19.4. The second-order valence-electron chi connectivity index (χ2n) is 5.33. The molecule has 0 fully saturated rings. The SMILES string of the molecule is O=C(/C=C\c1ccc(Cl)cc1Cl)Nc1nc(-c2ccc([N+](=O)[O-])cc2)cs1. The van der Waals surface area contributed by atoms with E-state index < -0.39 is 4.92 Å². The number of anilines is 1. The van der Waals surface area contributed by atoms with Crippen molar-refractivity contribution in [3.05, 3.63) is 79.6 Å². The van der Waals surface area contributed by atoms with Gasteiger partial charge >= 0.3 is 0 Å². The summed E-state index contributed by atoms with van der Waals surface area (Å²) in [5.74, 6) is -0.356. The van der Waals surface area contributed by atoms with E-state index in [4.69, 9.17) is 23.2 Å². The van der Waals surface area contributed by atoms with Gasteiger partial charge in [-0.25, -0.2) is 4.98 Å². The van der Waals surface area contributed by atoms with E-state index in [0.29, 0.717) is 26.4 Å². The van der Waals surface area contributed by atoms with E-state index in [9.17, 15) is 14.9 Å². The fourth-order valence-electron chi connectivity index (χ4n) is 2.17. The second-order valence-corrected chi connectivity index (χ2v) is 7.03. The minimum Gasteiger partial charge on any atom is -0.298 e. The zero-order valence-corrected chi connectivity index (χ0v) is 15.9. The molecule has 6 nitrogen and oxygen atoms in total. The molecule has 0 saturated heterocycles. The van der Waals surface area contributed by atoms with E-state index in [1.54, 1.807) is 41.8 Å². The van der Waals surface area contributed by atoms with Gasteiger partial charge in [0.1, 0.15) is 0 Å². The Morgan fingerprint density at radius 1 is 1.19 bits per heavy atom. The van der Waals surface area contributed by atoms with Gasteiger partial charge in [0.2, 0.25) is 5.91 Å². The summed E-state index contributed by atoms with van der Waals surface area (Å²) in [5.41, 5.74) is 2.02. The van der Waals surface area contributed by atoms with Crippen LogP contribution >= 0.6 is 34.5 Å². The Morgan fingerprint density at radius 3 is 2.59 bits per heavy atom. The predicted octanol–water partition coefficient (Wildman–Crippen LogP) is 5.68. The number of nitro groups is 1. The summed E-state index contributed by atoms with van der Waals surface area (Å²) >= 11 is 13.1. The van der Waals surface area contributed by atoms with Gasteiger partial charge in [-0.2, -0.15) is 0 Å². The second kappa shape index (κ2) is 8.30. The van der Waals surface area contributed by atoms with Crippen molar-refractivity contribution < 1.29 is 9.72 Å². The minimum atomic E-state index is -0.463. The van der Waals surface area contributed by atoms with Crippen LogP contribution in [0.25, 0.3) is 17.3 Å². The maximum absolute atomic E-state index is 12.1. The molecule has 1 N–H and O–H groups in total. The quantitative estimate of drug-likeness (QED) is 0.327. The molecule has 0 aliphatic rings. The van der Waals surface area contributed by atoms with Crippen LogP contribution in [-0.4, -0.2) is 15.8 Å². The van der Waals surface area contributed by atoms with Gasteiger partial charge in [0, 0.05) is 39.2 Å². The molecule has 3 aromatic rings. The number of aromatic nitrogens is 1. The molecule has 0 bridgehead atoms. The van der Waals surface area contributed by atoms with Crippen LogP contribution in [0.4, 0.5) is 10.8 Å². The summed E-state index contributed by atoms with van der Waals surface area (Å²) in [6.07, 6.45) is 2.93. The van der Waals surface area contributed by atoms with E-state index in [2.05, 4.69) is 10.3 Å². The standard InChI is InChI=1S/C18H11Cl2N3O3S/c19-13-5-1-11(15(20)9-13)4-8-17(24)22-18-21-16(10-27-18)12-2-6-14(7-3-12)23(25)26/h1-10H,(H,21,22,24)/b8-4-. The Morgan fingerprint density at radius 2 is 1.93 bits per heavy atom. The van der Waals surface area contributed by atoms with Crippen molar-refractivity contribution >= 4 is 57.3 Å². The summed E-state index contributed by atoms with van der Waals surface area (Å²) in [7, 11) is 0. The molecule has 0 atom stereocenters. The highest BCUT2D eigenvalue weighted by Gasteiger charge is 2.09. The van der Waals surface area contributed by atoms with Crippen LogP contribution in [0.1, 0.15) is 5.56 Å². The van der Waals surface area contributed by atoms with Crippen molar-refractivity contribution in [3.8, 4) is 11.3 Å². The average molecular weight is 420 g/mol. The van der Waals surface area contributed by atoms with Crippen LogP contribution in [0.15, 0.2) is 53.9 Å². The molecule has 0 saturated carbocycles. The van der Waals surface area contributed by atoms with E-state index in [0.717, 1.165) is 5.56 Å². The lowest BCUT2D eigenvalue weighted by atomic mass is 10.1. The Kier molecular flexibility index (Phi) is 5.85. The molecule has 3 rings (SSSR count). The number of non-ortho nitro benzene ring substituents is 1. The Bertz CT molecular complexity index is 1030. The third kappa shape index (κ3) is 4.91. The molecule has 0 aliphatic heterocycles. The van der Waals surface area contributed by atoms with Crippen molar-refractivity contribution in [1.82, 2.24) is 4.98 Å². The maximum Gasteiger partial charge on any atom is 0.269 e. The Balaban J connectivity index is 1.67. The lowest BCUT2D eigenvalue weighted by Crippen LogP contribution is -2.07. The number of halogens is 2. The van der Waals surface area contributed by atoms with Gasteiger partial charge in [0.15, 0.2) is 5.13 Å². The Hall–Kier alpha value is -2.74. The van der Waals surface area contributed by atoms with Gasteiger partial charge in [-0.15, -0.1) is 11.3 Å². The first-order valence-electron chi connectivity index (χ1n) is 7.57. The number of nitro benzene ring substituents is 1. The fourth-order valence-corrected chi connectivity index (χ4v) is 3.36. The number of benzene rings is 2. The van der Waals surface area contributed by atoms with E-state index in [1.165, 1.54) is 29.5 Å². The first-order chi connectivity index (χ1) is 12.9.